The zero-order valence-electron chi connectivity index (χ0n) is 10.3. The average molecular weight is 257 g/mol. The number of aryl methyl sites for hydroxylation is 1. The van der Waals surface area contributed by atoms with Crippen molar-refractivity contribution in [1.29, 1.82) is 0 Å². The van der Waals surface area contributed by atoms with E-state index in [1.54, 1.807) is 24.3 Å². The van der Waals surface area contributed by atoms with Crippen LogP contribution in [0.15, 0.2) is 29.2 Å². The molecule has 96 valence electrons. The summed E-state index contributed by atoms with van der Waals surface area (Å²) in [5.41, 5.74) is 1.01. The summed E-state index contributed by atoms with van der Waals surface area (Å²) in [6.07, 6.45) is 0. The Balaban J connectivity index is 2.92. The second-order valence-electron chi connectivity index (χ2n) is 4.47. The topological polar surface area (TPSA) is 66.4 Å². The molecule has 0 bridgehead atoms. The summed E-state index contributed by atoms with van der Waals surface area (Å²) in [7, 11) is -3.54. The Labute approximate surface area is 103 Å². The second kappa shape index (κ2) is 5.62. The molecule has 1 aromatic rings. The maximum Gasteiger partial charge on any atom is 0.240 e. The van der Waals surface area contributed by atoms with Crippen LogP contribution in [-0.4, -0.2) is 26.2 Å². The molecule has 0 amide bonds. The summed E-state index contributed by atoms with van der Waals surface area (Å²) >= 11 is 0. The van der Waals surface area contributed by atoms with Crippen molar-refractivity contribution in [2.75, 3.05) is 6.61 Å². The number of aliphatic hydroxyl groups excluding tert-OH is 1. The third-order valence-electron chi connectivity index (χ3n) is 2.64. The van der Waals surface area contributed by atoms with Gasteiger partial charge in [0, 0.05) is 6.04 Å². The summed E-state index contributed by atoms with van der Waals surface area (Å²) in [5.74, 6) is 0.0419. The molecule has 2 N–H and O–H groups in total. The van der Waals surface area contributed by atoms with Gasteiger partial charge in [-0.2, -0.15) is 0 Å². The van der Waals surface area contributed by atoms with Crippen molar-refractivity contribution in [3.8, 4) is 0 Å². The van der Waals surface area contributed by atoms with Crippen molar-refractivity contribution in [1.82, 2.24) is 4.72 Å². The lowest BCUT2D eigenvalue weighted by Crippen LogP contribution is -2.41. The Kier molecular flexibility index (Phi) is 4.68. The monoisotopic (exact) mass is 257 g/mol. The minimum absolute atomic E-state index is 0.0419. The first kappa shape index (κ1) is 14.2. The van der Waals surface area contributed by atoms with Crippen LogP contribution in [-0.2, 0) is 10.0 Å². The van der Waals surface area contributed by atoms with E-state index in [1.165, 1.54) is 0 Å². The first-order chi connectivity index (χ1) is 7.86. The molecule has 0 aliphatic rings. The van der Waals surface area contributed by atoms with E-state index in [2.05, 4.69) is 4.72 Å². The summed E-state index contributed by atoms with van der Waals surface area (Å²) in [5, 5.41) is 9.12. The van der Waals surface area contributed by atoms with Gasteiger partial charge in [-0.1, -0.05) is 31.5 Å². The molecule has 5 heteroatoms. The van der Waals surface area contributed by atoms with Gasteiger partial charge in [-0.15, -0.1) is 0 Å². The maximum absolute atomic E-state index is 12.0. The van der Waals surface area contributed by atoms with E-state index >= 15 is 0 Å². The molecule has 0 radical (unpaired) electrons. The number of hydrogen-bond acceptors (Lipinski definition) is 3. The SMILES string of the molecule is Cc1ccc(S(=O)(=O)N[C@@H](CO)C(C)C)cc1. The highest BCUT2D eigenvalue weighted by molar-refractivity contribution is 7.89. The van der Waals surface area contributed by atoms with Crippen molar-refractivity contribution in [3.05, 3.63) is 29.8 Å². The van der Waals surface area contributed by atoms with Crippen molar-refractivity contribution >= 4 is 10.0 Å². The van der Waals surface area contributed by atoms with E-state index in [0.29, 0.717) is 0 Å². The first-order valence-electron chi connectivity index (χ1n) is 5.56. The molecule has 17 heavy (non-hydrogen) atoms. The van der Waals surface area contributed by atoms with Crippen molar-refractivity contribution in [3.63, 3.8) is 0 Å². The largest absolute Gasteiger partial charge is 0.395 e. The summed E-state index contributed by atoms with van der Waals surface area (Å²) in [4.78, 5) is 0.224. The predicted octanol–water partition coefficient (Wildman–Crippen LogP) is 1.29. The second-order valence-corrected chi connectivity index (χ2v) is 6.18. The lowest BCUT2D eigenvalue weighted by molar-refractivity contribution is 0.227. The van der Waals surface area contributed by atoms with Crippen LogP contribution in [0.2, 0.25) is 0 Å². The van der Waals surface area contributed by atoms with Gasteiger partial charge < -0.3 is 5.11 Å². The van der Waals surface area contributed by atoms with E-state index in [9.17, 15) is 8.42 Å². The fourth-order valence-electron chi connectivity index (χ4n) is 1.37. The molecule has 0 unspecified atom stereocenters. The van der Waals surface area contributed by atoms with Crippen LogP contribution in [0, 0.1) is 12.8 Å². The van der Waals surface area contributed by atoms with Crippen LogP contribution < -0.4 is 4.72 Å². The van der Waals surface area contributed by atoms with E-state index < -0.39 is 16.1 Å². The molecular weight excluding hydrogens is 238 g/mol. The van der Waals surface area contributed by atoms with Gasteiger partial charge in [-0.25, -0.2) is 13.1 Å². The molecule has 1 rings (SSSR count). The lowest BCUT2D eigenvalue weighted by atomic mass is 10.1. The Morgan fingerprint density at radius 2 is 1.76 bits per heavy atom. The fraction of sp³-hybridized carbons (Fsp3) is 0.500. The molecule has 0 aliphatic carbocycles. The molecule has 0 heterocycles. The number of sulfonamides is 1. The van der Waals surface area contributed by atoms with Gasteiger partial charge in [0.2, 0.25) is 10.0 Å². The third kappa shape index (κ3) is 3.80. The predicted molar refractivity (Wildman–Crippen MR) is 67.2 cm³/mol. The molecule has 0 aromatic heterocycles. The normalized spacial score (nSPS) is 13.9. The van der Waals surface area contributed by atoms with E-state index in [-0.39, 0.29) is 17.4 Å². The van der Waals surface area contributed by atoms with Gasteiger partial charge >= 0.3 is 0 Å². The minimum atomic E-state index is -3.54. The first-order valence-corrected chi connectivity index (χ1v) is 7.05. The van der Waals surface area contributed by atoms with Crippen LogP contribution in [0.25, 0.3) is 0 Å². The summed E-state index contributed by atoms with van der Waals surface area (Å²) < 4.78 is 26.5. The number of aliphatic hydroxyl groups is 1. The van der Waals surface area contributed by atoms with Gasteiger partial charge in [-0.3, -0.25) is 0 Å². The Hall–Kier alpha value is -0.910. The van der Waals surface area contributed by atoms with Gasteiger partial charge in [0.1, 0.15) is 0 Å². The fourth-order valence-corrected chi connectivity index (χ4v) is 2.74. The molecule has 0 saturated heterocycles. The number of rotatable bonds is 5. The van der Waals surface area contributed by atoms with Crippen LogP contribution in [0.5, 0.6) is 0 Å². The maximum atomic E-state index is 12.0. The molecule has 0 saturated carbocycles. The molecule has 0 fully saturated rings. The lowest BCUT2D eigenvalue weighted by Gasteiger charge is -2.19. The van der Waals surface area contributed by atoms with Crippen molar-refractivity contribution in [2.24, 2.45) is 5.92 Å². The average Bonchev–Trinajstić information content (AvgIpc) is 2.26. The zero-order chi connectivity index (χ0) is 13.1. The third-order valence-corrected chi connectivity index (χ3v) is 4.15. The minimum Gasteiger partial charge on any atom is -0.395 e. The quantitative estimate of drug-likeness (QED) is 0.835. The molecule has 0 spiro atoms. The Morgan fingerprint density at radius 1 is 1.24 bits per heavy atom. The molecule has 4 nitrogen and oxygen atoms in total. The van der Waals surface area contributed by atoms with Gasteiger partial charge in [0.15, 0.2) is 0 Å². The smallest absolute Gasteiger partial charge is 0.240 e. The highest BCUT2D eigenvalue weighted by atomic mass is 32.2. The van der Waals surface area contributed by atoms with E-state index in [4.69, 9.17) is 5.11 Å². The Bertz CT molecular complexity index is 451. The van der Waals surface area contributed by atoms with E-state index in [1.807, 2.05) is 20.8 Å². The summed E-state index contributed by atoms with van der Waals surface area (Å²) in [6, 6.07) is 6.16. The molecular formula is C12H19NO3S. The van der Waals surface area contributed by atoms with Gasteiger partial charge in [0.05, 0.1) is 11.5 Å². The number of hydrogen-bond donors (Lipinski definition) is 2. The highest BCUT2D eigenvalue weighted by Gasteiger charge is 2.21. The van der Waals surface area contributed by atoms with Crippen LogP contribution in [0.3, 0.4) is 0 Å². The van der Waals surface area contributed by atoms with Gasteiger partial charge in [-0.05, 0) is 25.0 Å². The number of benzene rings is 1. The van der Waals surface area contributed by atoms with Crippen LogP contribution in [0.1, 0.15) is 19.4 Å². The standard InChI is InChI=1S/C12H19NO3S/c1-9(2)12(8-14)13-17(15,16)11-6-4-10(3)5-7-11/h4-7,9,12-14H,8H2,1-3H3/t12-/m0/s1. The molecule has 0 aliphatic heterocycles. The van der Waals surface area contributed by atoms with Crippen LogP contribution >= 0.6 is 0 Å². The molecule has 1 aromatic carbocycles. The van der Waals surface area contributed by atoms with Crippen molar-refractivity contribution in [2.45, 2.75) is 31.7 Å². The highest BCUT2D eigenvalue weighted by Crippen LogP contribution is 2.12. The van der Waals surface area contributed by atoms with Gasteiger partial charge in [0.25, 0.3) is 0 Å². The Morgan fingerprint density at radius 3 is 2.18 bits per heavy atom. The molecule has 1 atom stereocenters. The number of nitrogens with one attached hydrogen (secondary N) is 1. The summed E-state index contributed by atoms with van der Waals surface area (Å²) in [6.45, 7) is 5.41. The van der Waals surface area contributed by atoms with E-state index in [0.717, 1.165) is 5.56 Å². The van der Waals surface area contributed by atoms with Crippen molar-refractivity contribution < 1.29 is 13.5 Å². The van der Waals surface area contributed by atoms with Crippen LogP contribution in [0.4, 0.5) is 0 Å². The zero-order valence-corrected chi connectivity index (χ0v) is 11.2.